The van der Waals surface area contributed by atoms with E-state index >= 15 is 0 Å². The summed E-state index contributed by atoms with van der Waals surface area (Å²) < 4.78 is 32.2. The third-order valence-corrected chi connectivity index (χ3v) is 5.97. The summed E-state index contributed by atoms with van der Waals surface area (Å²) in [5.74, 6) is -0.254. The Hall–Kier alpha value is -2.60. The first-order valence-electron chi connectivity index (χ1n) is 8.50. The van der Waals surface area contributed by atoms with Crippen LogP contribution in [0, 0.1) is 6.92 Å². The van der Waals surface area contributed by atoms with Crippen molar-refractivity contribution in [3.8, 4) is 0 Å². The molecule has 3 rings (SSSR count). The van der Waals surface area contributed by atoms with Crippen molar-refractivity contribution >= 4 is 26.9 Å². The van der Waals surface area contributed by atoms with Gasteiger partial charge in [-0.05, 0) is 50.1 Å². The molecule has 2 aromatic carbocycles. The van der Waals surface area contributed by atoms with Gasteiger partial charge in [-0.25, -0.2) is 12.4 Å². The summed E-state index contributed by atoms with van der Waals surface area (Å²) in [5, 5.41) is 0.826. The number of aryl methyl sites for hydroxylation is 2. The molecule has 6 heteroatoms. The second-order valence-electron chi connectivity index (χ2n) is 6.08. The number of carbonyl (C=O) groups excluding carboxylic acids is 1. The van der Waals surface area contributed by atoms with E-state index in [-0.39, 0.29) is 17.3 Å². The zero-order valence-corrected chi connectivity index (χ0v) is 15.6. The van der Waals surface area contributed by atoms with E-state index in [0.29, 0.717) is 18.5 Å². The molecule has 0 radical (unpaired) electrons. The summed E-state index contributed by atoms with van der Waals surface area (Å²) in [6.45, 7) is 4.04. The van der Waals surface area contributed by atoms with Gasteiger partial charge in [0.05, 0.1) is 17.0 Å². The Balaban J connectivity index is 1.97. The first-order valence-corrected chi connectivity index (χ1v) is 9.94. The number of hydrogen-bond acceptors (Lipinski definition) is 4. The number of hydrogen-bond donors (Lipinski definition) is 0. The Labute approximate surface area is 153 Å². The van der Waals surface area contributed by atoms with E-state index in [1.807, 2.05) is 19.1 Å². The molecule has 1 heterocycles. The highest BCUT2D eigenvalue weighted by atomic mass is 32.2. The molecule has 0 amide bonds. The average molecular weight is 371 g/mol. The Morgan fingerprint density at radius 1 is 1.08 bits per heavy atom. The lowest BCUT2D eigenvalue weighted by atomic mass is 10.1. The van der Waals surface area contributed by atoms with Crippen LogP contribution in [0.5, 0.6) is 0 Å². The summed E-state index contributed by atoms with van der Waals surface area (Å²) >= 11 is 0. The first kappa shape index (κ1) is 18.2. The third-order valence-electron chi connectivity index (χ3n) is 4.27. The molecule has 136 valence electrons. The first-order chi connectivity index (χ1) is 12.4. The zero-order valence-electron chi connectivity index (χ0n) is 14.8. The second kappa shape index (κ2) is 7.33. The van der Waals surface area contributed by atoms with Crippen molar-refractivity contribution in [3.63, 3.8) is 0 Å². The van der Waals surface area contributed by atoms with Crippen molar-refractivity contribution < 1.29 is 17.9 Å². The van der Waals surface area contributed by atoms with Gasteiger partial charge in [0.25, 0.3) is 10.0 Å². The van der Waals surface area contributed by atoms with Crippen LogP contribution in [0.2, 0.25) is 0 Å². The van der Waals surface area contributed by atoms with Crippen molar-refractivity contribution in [1.82, 2.24) is 3.97 Å². The van der Waals surface area contributed by atoms with E-state index in [2.05, 4.69) is 0 Å². The number of benzene rings is 2. The number of rotatable bonds is 6. The maximum absolute atomic E-state index is 13.0. The summed E-state index contributed by atoms with van der Waals surface area (Å²) in [7, 11) is -3.67. The molecule has 0 fully saturated rings. The van der Waals surface area contributed by atoms with E-state index in [0.717, 1.165) is 16.5 Å². The number of ether oxygens (including phenoxy) is 1. The quantitative estimate of drug-likeness (QED) is 0.620. The molecular formula is C20H21NO4S. The topological polar surface area (TPSA) is 65.4 Å². The summed E-state index contributed by atoms with van der Waals surface area (Å²) in [6, 6.07) is 14.1. The SMILES string of the molecule is CCOC(=O)CCc1cccc2c1ccn2S(=O)(=O)c1ccc(C)cc1. The summed E-state index contributed by atoms with van der Waals surface area (Å²) in [6.07, 6.45) is 2.33. The standard InChI is InChI=1S/C20H21NO4S/c1-3-25-20(22)12-9-16-5-4-6-19-18(16)13-14-21(19)26(23,24)17-10-7-15(2)8-11-17/h4-8,10-11,13-14H,3,9,12H2,1-2H3. The van der Waals surface area contributed by atoms with Gasteiger partial charge in [0, 0.05) is 18.0 Å². The van der Waals surface area contributed by atoms with E-state index in [4.69, 9.17) is 4.74 Å². The fraction of sp³-hybridized carbons (Fsp3) is 0.250. The third kappa shape index (κ3) is 3.51. The molecule has 3 aromatic rings. The monoisotopic (exact) mass is 371 g/mol. The number of aromatic nitrogens is 1. The van der Waals surface area contributed by atoms with E-state index in [9.17, 15) is 13.2 Å². The molecule has 0 aliphatic rings. The normalized spacial score (nSPS) is 11.6. The molecule has 1 aromatic heterocycles. The minimum absolute atomic E-state index is 0.248. The Bertz CT molecular complexity index is 1030. The number of nitrogens with zero attached hydrogens (tertiary/aromatic N) is 1. The smallest absolute Gasteiger partial charge is 0.306 e. The molecule has 5 nitrogen and oxygen atoms in total. The van der Waals surface area contributed by atoms with Gasteiger partial charge in [0.15, 0.2) is 0 Å². The average Bonchev–Trinajstić information content (AvgIpc) is 3.06. The molecule has 0 N–H and O–H groups in total. The van der Waals surface area contributed by atoms with Crippen LogP contribution in [0.4, 0.5) is 0 Å². The van der Waals surface area contributed by atoms with Gasteiger partial charge in [-0.3, -0.25) is 4.79 Å². The van der Waals surface area contributed by atoms with Crippen LogP contribution in [0.3, 0.4) is 0 Å². The summed E-state index contributed by atoms with van der Waals surface area (Å²) in [4.78, 5) is 11.9. The van der Waals surface area contributed by atoms with Gasteiger partial charge in [0.1, 0.15) is 0 Å². The fourth-order valence-electron chi connectivity index (χ4n) is 2.93. The van der Waals surface area contributed by atoms with Gasteiger partial charge < -0.3 is 4.74 Å². The molecule has 26 heavy (non-hydrogen) atoms. The van der Waals surface area contributed by atoms with Crippen LogP contribution in [0.25, 0.3) is 10.9 Å². The van der Waals surface area contributed by atoms with Gasteiger partial charge in [-0.2, -0.15) is 0 Å². The number of fused-ring (bicyclic) bond motifs is 1. The lowest BCUT2D eigenvalue weighted by Crippen LogP contribution is -2.11. The lowest BCUT2D eigenvalue weighted by molar-refractivity contribution is -0.143. The van der Waals surface area contributed by atoms with Crippen molar-refractivity contribution in [2.75, 3.05) is 6.61 Å². The van der Waals surface area contributed by atoms with Gasteiger partial charge >= 0.3 is 5.97 Å². The van der Waals surface area contributed by atoms with Crippen molar-refractivity contribution in [1.29, 1.82) is 0 Å². The van der Waals surface area contributed by atoms with Crippen LogP contribution in [-0.2, 0) is 26.0 Å². The molecule has 0 bridgehead atoms. The summed E-state index contributed by atoms with van der Waals surface area (Å²) in [5.41, 5.74) is 2.53. The maximum atomic E-state index is 13.0. The van der Waals surface area contributed by atoms with Crippen LogP contribution in [-0.4, -0.2) is 25.0 Å². The highest BCUT2D eigenvalue weighted by Crippen LogP contribution is 2.26. The Morgan fingerprint density at radius 2 is 1.81 bits per heavy atom. The molecule has 0 spiro atoms. The van der Waals surface area contributed by atoms with Crippen LogP contribution >= 0.6 is 0 Å². The van der Waals surface area contributed by atoms with E-state index in [1.54, 1.807) is 49.5 Å². The van der Waals surface area contributed by atoms with Crippen LogP contribution in [0.15, 0.2) is 59.6 Å². The molecule has 0 saturated heterocycles. The van der Waals surface area contributed by atoms with Crippen molar-refractivity contribution in [2.24, 2.45) is 0 Å². The van der Waals surface area contributed by atoms with Crippen molar-refractivity contribution in [2.45, 2.75) is 31.6 Å². The lowest BCUT2D eigenvalue weighted by Gasteiger charge is -2.09. The number of esters is 1. The minimum Gasteiger partial charge on any atom is -0.466 e. The highest BCUT2D eigenvalue weighted by Gasteiger charge is 2.19. The largest absolute Gasteiger partial charge is 0.466 e. The Morgan fingerprint density at radius 3 is 2.50 bits per heavy atom. The molecule has 0 aliphatic heterocycles. The van der Waals surface area contributed by atoms with Gasteiger partial charge in [0.2, 0.25) is 0 Å². The molecule has 0 saturated carbocycles. The molecule has 0 atom stereocenters. The van der Waals surface area contributed by atoms with Crippen LogP contribution in [0.1, 0.15) is 24.5 Å². The molecule has 0 aliphatic carbocycles. The number of carbonyl (C=O) groups is 1. The van der Waals surface area contributed by atoms with E-state index in [1.165, 1.54) is 3.97 Å². The van der Waals surface area contributed by atoms with Gasteiger partial charge in [-0.15, -0.1) is 0 Å². The predicted octanol–water partition coefficient (Wildman–Crippen LogP) is 3.68. The van der Waals surface area contributed by atoms with Gasteiger partial charge in [-0.1, -0.05) is 29.8 Å². The maximum Gasteiger partial charge on any atom is 0.306 e. The molecular weight excluding hydrogens is 350 g/mol. The molecule has 0 unspecified atom stereocenters. The van der Waals surface area contributed by atoms with Crippen molar-refractivity contribution in [3.05, 3.63) is 65.9 Å². The second-order valence-corrected chi connectivity index (χ2v) is 7.90. The minimum atomic E-state index is -3.67. The van der Waals surface area contributed by atoms with E-state index < -0.39 is 10.0 Å². The highest BCUT2D eigenvalue weighted by molar-refractivity contribution is 7.90. The fourth-order valence-corrected chi connectivity index (χ4v) is 4.27. The zero-order chi connectivity index (χ0) is 18.7. The Kier molecular flexibility index (Phi) is 5.13. The predicted molar refractivity (Wildman–Crippen MR) is 101 cm³/mol. The van der Waals surface area contributed by atoms with Crippen LogP contribution < -0.4 is 0 Å².